The number of benzene rings is 1. The van der Waals surface area contributed by atoms with Crippen LogP contribution in [0.1, 0.15) is 5.56 Å². The van der Waals surface area contributed by atoms with E-state index >= 15 is 0 Å². The topological polar surface area (TPSA) is 60.2 Å². The molecule has 1 rings (SSSR count). The van der Waals surface area contributed by atoms with Crippen LogP contribution in [0.4, 0.5) is 18.9 Å². The summed E-state index contributed by atoms with van der Waals surface area (Å²) < 4.78 is 37.0. The Balaban J connectivity index is 3.14. The molecule has 0 bridgehead atoms. The highest BCUT2D eigenvalue weighted by Crippen LogP contribution is 2.39. The maximum absolute atomic E-state index is 12.3. The number of carbonyl (C=O) groups excluding carboxylic acids is 1. The average Bonchev–Trinajstić information content (AvgIpc) is 2.29. The Morgan fingerprint density at radius 2 is 2.05 bits per heavy atom. The van der Waals surface area contributed by atoms with Crippen LogP contribution in [0.2, 0.25) is 0 Å². The summed E-state index contributed by atoms with van der Waals surface area (Å²) in [7, 11) is 0. The zero-order valence-corrected chi connectivity index (χ0v) is 11.6. The number of carbonyl (C=O) groups is 1. The van der Waals surface area contributed by atoms with Gasteiger partial charge < -0.3 is 0 Å². The first-order chi connectivity index (χ1) is 8.73. The molecule has 1 aromatic carbocycles. The maximum atomic E-state index is 12.3. The molecule has 0 saturated carbocycles. The first-order valence-electron chi connectivity index (χ1n) is 4.83. The predicted molar refractivity (Wildman–Crippen MR) is 67.5 cm³/mol. The summed E-state index contributed by atoms with van der Waals surface area (Å²) in [5.74, 6) is -0.357. The van der Waals surface area contributed by atoms with Crippen molar-refractivity contribution >= 4 is 39.2 Å². The van der Waals surface area contributed by atoms with Crippen molar-refractivity contribution in [3.63, 3.8) is 0 Å². The number of Topliss-reactive ketones (excluding diaryl/α,β-unsaturated/α-hetero) is 1. The highest BCUT2D eigenvalue weighted by molar-refractivity contribution is 9.09. The molecular weight excluding hydrogens is 351 g/mol. The van der Waals surface area contributed by atoms with Crippen LogP contribution < -0.4 is 0 Å². The largest absolute Gasteiger partial charge is 0.446 e. The molecule has 19 heavy (non-hydrogen) atoms. The average molecular weight is 358 g/mol. The summed E-state index contributed by atoms with van der Waals surface area (Å²) in [6.45, 7) is 0. The second kappa shape index (κ2) is 6.38. The normalized spacial score (nSPS) is 11.4. The lowest BCUT2D eigenvalue weighted by atomic mass is 10.1. The summed E-state index contributed by atoms with van der Waals surface area (Å²) in [5, 5.41) is 10.6. The molecule has 0 amide bonds. The van der Waals surface area contributed by atoms with Crippen LogP contribution in [0, 0.1) is 10.1 Å². The second-order valence-corrected chi connectivity index (χ2v) is 5.11. The van der Waals surface area contributed by atoms with E-state index in [4.69, 9.17) is 0 Å². The summed E-state index contributed by atoms with van der Waals surface area (Å²) in [6, 6.07) is 2.98. The fourth-order valence-corrected chi connectivity index (χ4v) is 2.15. The van der Waals surface area contributed by atoms with Gasteiger partial charge in [0.25, 0.3) is 5.69 Å². The SMILES string of the molecule is O=C(CBr)Cc1cc([N+](=O)[O-])ccc1SC(F)(F)F. The van der Waals surface area contributed by atoms with Crippen molar-refractivity contribution in [3.8, 4) is 0 Å². The van der Waals surface area contributed by atoms with Gasteiger partial charge in [0.15, 0.2) is 0 Å². The highest BCUT2D eigenvalue weighted by Gasteiger charge is 2.31. The molecule has 0 fully saturated rings. The van der Waals surface area contributed by atoms with E-state index in [0.29, 0.717) is 0 Å². The van der Waals surface area contributed by atoms with E-state index in [1.54, 1.807) is 0 Å². The van der Waals surface area contributed by atoms with Gasteiger partial charge in [0.1, 0.15) is 5.78 Å². The quantitative estimate of drug-likeness (QED) is 0.348. The Morgan fingerprint density at radius 3 is 2.53 bits per heavy atom. The van der Waals surface area contributed by atoms with Gasteiger partial charge in [-0.2, -0.15) is 13.2 Å². The van der Waals surface area contributed by atoms with E-state index in [-0.39, 0.29) is 45.4 Å². The number of hydrogen-bond donors (Lipinski definition) is 0. The lowest BCUT2D eigenvalue weighted by Crippen LogP contribution is -2.07. The Hall–Kier alpha value is -1.09. The van der Waals surface area contributed by atoms with Crippen molar-refractivity contribution in [2.24, 2.45) is 0 Å². The van der Waals surface area contributed by atoms with E-state index in [0.717, 1.165) is 18.2 Å². The lowest BCUT2D eigenvalue weighted by molar-refractivity contribution is -0.385. The summed E-state index contributed by atoms with van der Waals surface area (Å²) in [5.41, 5.74) is -4.85. The van der Waals surface area contributed by atoms with Crippen LogP contribution in [-0.2, 0) is 11.2 Å². The molecule has 0 saturated heterocycles. The molecule has 0 radical (unpaired) electrons. The number of rotatable bonds is 5. The zero-order valence-electron chi connectivity index (χ0n) is 9.24. The maximum Gasteiger partial charge on any atom is 0.446 e. The van der Waals surface area contributed by atoms with E-state index in [2.05, 4.69) is 15.9 Å². The molecule has 0 aromatic heterocycles. The summed E-state index contributed by atoms with van der Waals surface area (Å²) in [6.07, 6.45) is -0.286. The minimum Gasteiger partial charge on any atom is -0.298 e. The molecule has 0 aliphatic rings. The predicted octanol–water partition coefficient (Wildman–Crippen LogP) is 3.71. The zero-order chi connectivity index (χ0) is 14.6. The van der Waals surface area contributed by atoms with E-state index in [1.807, 2.05) is 0 Å². The number of nitro benzene ring substituents is 1. The number of hydrogen-bond acceptors (Lipinski definition) is 4. The third-order valence-corrected chi connectivity index (χ3v) is 3.49. The third kappa shape index (κ3) is 5.19. The van der Waals surface area contributed by atoms with Crippen LogP contribution in [0.5, 0.6) is 0 Å². The van der Waals surface area contributed by atoms with Gasteiger partial charge in [-0.15, -0.1) is 0 Å². The Bertz CT molecular complexity index is 507. The van der Waals surface area contributed by atoms with Gasteiger partial charge >= 0.3 is 5.51 Å². The molecule has 0 atom stereocenters. The molecular formula is C10H7BrF3NO3S. The highest BCUT2D eigenvalue weighted by atomic mass is 79.9. The van der Waals surface area contributed by atoms with Crippen LogP contribution >= 0.6 is 27.7 Å². The number of ketones is 1. The molecule has 0 aliphatic carbocycles. The van der Waals surface area contributed by atoms with Crippen molar-refractivity contribution in [3.05, 3.63) is 33.9 Å². The van der Waals surface area contributed by atoms with Gasteiger partial charge in [0, 0.05) is 23.4 Å². The number of alkyl halides is 4. The van der Waals surface area contributed by atoms with E-state index < -0.39 is 10.4 Å². The number of halogens is 4. The van der Waals surface area contributed by atoms with Crippen molar-refractivity contribution in [2.45, 2.75) is 16.8 Å². The van der Waals surface area contributed by atoms with Gasteiger partial charge in [-0.25, -0.2) is 0 Å². The third-order valence-electron chi connectivity index (χ3n) is 2.02. The molecule has 0 N–H and O–H groups in total. The lowest BCUT2D eigenvalue weighted by Gasteiger charge is -2.10. The summed E-state index contributed by atoms with van der Waals surface area (Å²) >= 11 is 2.50. The minimum absolute atomic E-state index is 0.000903. The number of nitrogens with zero attached hydrogens (tertiary/aromatic N) is 1. The van der Waals surface area contributed by atoms with E-state index in [9.17, 15) is 28.1 Å². The standard InChI is InChI=1S/C10H7BrF3NO3S/c11-5-8(16)4-6-3-7(15(17)18)1-2-9(6)19-10(12,13)14/h1-3H,4-5H2. The fourth-order valence-electron chi connectivity index (χ4n) is 1.30. The Labute approximate surface area is 118 Å². The molecule has 9 heteroatoms. The monoisotopic (exact) mass is 357 g/mol. The van der Waals surface area contributed by atoms with Crippen molar-refractivity contribution in [1.29, 1.82) is 0 Å². The number of non-ortho nitro benzene ring substituents is 1. The smallest absolute Gasteiger partial charge is 0.298 e. The van der Waals surface area contributed by atoms with Crippen LogP contribution in [0.15, 0.2) is 23.1 Å². The molecule has 0 aliphatic heterocycles. The molecule has 0 heterocycles. The van der Waals surface area contributed by atoms with Crippen LogP contribution in [0.3, 0.4) is 0 Å². The second-order valence-electron chi connectivity index (χ2n) is 3.45. The molecule has 104 valence electrons. The fraction of sp³-hybridized carbons (Fsp3) is 0.300. The van der Waals surface area contributed by atoms with Crippen molar-refractivity contribution < 1.29 is 22.9 Å². The summed E-state index contributed by atoms with van der Waals surface area (Å²) in [4.78, 5) is 20.9. The molecule has 4 nitrogen and oxygen atoms in total. The van der Waals surface area contributed by atoms with Crippen molar-refractivity contribution in [2.75, 3.05) is 5.33 Å². The molecule has 0 unspecified atom stereocenters. The number of thioether (sulfide) groups is 1. The van der Waals surface area contributed by atoms with Gasteiger partial charge in [-0.1, -0.05) is 15.9 Å². The Kier molecular flexibility index (Phi) is 5.36. The minimum atomic E-state index is -4.51. The number of nitro groups is 1. The Morgan fingerprint density at radius 1 is 1.42 bits per heavy atom. The molecule has 0 spiro atoms. The van der Waals surface area contributed by atoms with E-state index in [1.165, 1.54) is 0 Å². The van der Waals surface area contributed by atoms with Gasteiger partial charge in [-0.05, 0) is 23.4 Å². The van der Waals surface area contributed by atoms with Crippen LogP contribution in [0.25, 0.3) is 0 Å². The first-order valence-corrected chi connectivity index (χ1v) is 6.77. The molecule has 1 aromatic rings. The van der Waals surface area contributed by atoms with Crippen molar-refractivity contribution in [1.82, 2.24) is 0 Å². The van der Waals surface area contributed by atoms with Crippen LogP contribution in [-0.4, -0.2) is 21.5 Å². The first kappa shape index (κ1) is 16.0. The van der Waals surface area contributed by atoms with Gasteiger partial charge in [-0.3, -0.25) is 14.9 Å². The van der Waals surface area contributed by atoms with Gasteiger partial charge in [0.2, 0.25) is 0 Å². The van der Waals surface area contributed by atoms with Gasteiger partial charge in [0.05, 0.1) is 10.3 Å².